The molecule has 2 aliphatic rings. The van der Waals surface area contributed by atoms with E-state index in [4.69, 9.17) is 9.15 Å². The molecule has 2 fully saturated rings. The van der Waals surface area contributed by atoms with E-state index in [0.717, 1.165) is 11.1 Å². The Kier molecular flexibility index (Phi) is 5.16. The number of hydrogen-bond acceptors (Lipinski definition) is 6. The summed E-state index contributed by atoms with van der Waals surface area (Å²) >= 11 is 0. The van der Waals surface area contributed by atoms with E-state index >= 15 is 0 Å². The van der Waals surface area contributed by atoms with Crippen molar-refractivity contribution in [1.82, 2.24) is 10.3 Å². The lowest BCUT2D eigenvalue weighted by molar-refractivity contribution is -0.162. The van der Waals surface area contributed by atoms with Crippen molar-refractivity contribution in [2.24, 2.45) is 5.92 Å². The summed E-state index contributed by atoms with van der Waals surface area (Å²) in [5.41, 5.74) is 1.91. The molecule has 1 saturated heterocycles. The zero-order chi connectivity index (χ0) is 19.7. The molecule has 4 rings (SSSR count). The third kappa shape index (κ3) is 4.23. The Hall–Kier alpha value is -2.32. The second-order valence-electron chi connectivity index (χ2n) is 7.64. The summed E-state index contributed by atoms with van der Waals surface area (Å²) < 4.78 is 36.5. The predicted molar refractivity (Wildman–Crippen MR) is 95.6 cm³/mol. The van der Waals surface area contributed by atoms with Crippen LogP contribution in [0.5, 0.6) is 0 Å². The predicted octanol–water partition coefficient (Wildman–Crippen LogP) is 2.56. The van der Waals surface area contributed by atoms with Gasteiger partial charge in [0.05, 0.1) is 12.2 Å². The maximum Gasteiger partial charge on any atom is 0.306 e. The Balaban J connectivity index is 1.34. The van der Waals surface area contributed by atoms with Gasteiger partial charge in [-0.1, -0.05) is 24.3 Å². The molecule has 0 bridgehead atoms. The number of nitrogens with zero attached hydrogens (tertiary/aromatic N) is 1. The van der Waals surface area contributed by atoms with Crippen LogP contribution < -0.4 is 5.32 Å². The minimum Gasteiger partial charge on any atom is -0.458 e. The van der Waals surface area contributed by atoms with Gasteiger partial charge in [0.2, 0.25) is 5.92 Å². The molecule has 0 radical (unpaired) electrons. The first-order chi connectivity index (χ1) is 13.4. The molecule has 8 heteroatoms. The molecule has 28 heavy (non-hydrogen) atoms. The number of aliphatic hydroxyl groups excluding tert-OH is 1. The topological polar surface area (TPSA) is 84.6 Å². The summed E-state index contributed by atoms with van der Waals surface area (Å²) in [5, 5.41) is 13.3. The first-order valence-electron chi connectivity index (χ1n) is 9.36. The van der Waals surface area contributed by atoms with Gasteiger partial charge in [-0.2, -0.15) is 0 Å². The molecule has 0 amide bonds. The first kappa shape index (κ1) is 19.0. The molecule has 0 spiro atoms. The SMILES string of the molecule is O=C(CC1CC(F)(F)C1)O[C@@H]1[C@@H](O)CN[C@@H]1Cc1ccc(-c2cnco2)cc1. The Bertz CT molecular complexity index is 802. The van der Waals surface area contributed by atoms with Crippen molar-refractivity contribution in [2.75, 3.05) is 6.54 Å². The number of rotatable bonds is 6. The summed E-state index contributed by atoms with van der Waals surface area (Å²) in [6.45, 7) is 0.320. The minimum absolute atomic E-state index is 0.0303. The van der Waals surface area contributed by atoms with Crippen LogP contribution in [-0.2, 0) is 16.0 Å². The van der Waals surface area contributed by atoms with Crippen molar-refractivity contribution in [3.63, 3.8) is 0 Å². The zero-order valence-corrected chi connectivity index (χ0v) is 15.2. The highest BCUT2D eigenvalue weighted by molar-refractivity contribution is 5.70. The van der Waals surface area contributed by atoms with Gasteiger partial charge in [-0.3, -0.25) is 4.79 Å². The van der Waals surface area contributed by atoms with Crippen molar-refractivity contribution in [3.05, 3.63) is 42.4 Å². The lowest BCUT2D eigenvalue weighted by atomic mass is 9.79. The van der Waals surface area contributed by atoms with Gasteiger partial charge in [0, 0.05) is 31.4 Å². The molecular weight excluding hydrogens is 370 g/mol. The van der Waals surface area contributed by atoms with Crippen molar-refractivity contribution < 1.29 is 27.8 Å². The quantitative estimate of drug-likeness (QED) is 0.735. The van der Waals surface area contributed by atoms with Crippen LogP contribution in [0.3, 0.4) is 0 Å². The number of nitrogens with one attached hydrogen (secondary N) is 1. The number of aliphatic hydroxyl groups is 1. The Morgan fingerprint density at radius 3 is 2.71 bits per heavy atom. The lowest BCUT2D eigenvalue weighted by Gasteiger charge is -2.34. The average molecular weight is 392 g/mol. The number of oxazole rings is 1. The molecule has 1 aliphatic heterocycles. The van der Waals surface area contributed by atoms with E-state index in [-0.39, 0.29) is 31.2 Å². The van der Waals surface area contributed by atoms with Gasteiger partial charge in [0.25, 0.3) is 0 Å². The summed E-state index contributed by atoms with van der Waals surface area (Å²) in [6, 6.07) is 7.48. The average Bonchev–Trinajstić information content (AvgIpc) is 3.27. The first-order valence-corrected chi connectivity index (χ1v) is 9.36. The van der Waals surface area contributed by atoms with Crippen molar-refractivity contribution in [1.29, 1.82) is 0 Å². The molecule has 2 N–H and O–H groups in total. The number of hydrogen-bond donors (Lipinski definition) is 2. The number of aromatic nitrogens is 1. The van der Waals surface area contributed by atoms with Crippen molar-refractivity contribution in [2.45, 2.75) is 49.9 Å². The zero-order valence-electron chi connectivity index (χ0n) is 15.2. The van der Waals surface area contributed by atoms with Gasteiger partial charge < -0.3 is 19.6 Å². The van der Waals surface area contributed by atoms with E-state index in [1.54, 1.807) is 6.20 Å². The third-order valence-corrected chi connectivity index (χ3v) is 5.39. The number of carbonyl (C=O) groups excluding carboxylic acids is 1. The summed E-state index contributed by atoms with van der Waals surface area (Å²) in [7, 11) is 0. The van der Waals surface area contributed by atoms with Gasteiger partial charge in [-0.25, -0.2) is 13.8 Å². The standard InChI is InChI=1S/C20H22F2N2O4/c21-20(22)7-13(8-20)6-18(26)28-19-15(24-9-16(19)25)5-12-1-3-14(4-2-12)17-10-23-11-27-17/h1-4,10-11,13,15-16,19,24-25H,5-9H2/t15-,16+,19+/m1/s1. The van der Waals surface area contributed by atoms with Crippen LogP contribution in [0.1, 0.15) is 24.8 Å². The Morgan fingerprint density at radius 1 is 1.32 bits per heavy atom. The van der Waals surface area contributed by atoms with Crippen molar-refractivity contribution in [3.8, 4) is 11.3 Å². The molecule has 1 aromatic carbocycles. The fraction of sp³-hybridized carbons (Fsp3) is 0.500. The van der Waals surface area contributed by atoms with E-state index in [2.05, 4.69) is 10.3 Å². The van der Waals surface area contributed by atoms with Crippen LogP contribution in [0.15, 0.2) is 41.3 Å². The molecular formula is C20H22F2N2O4. The molecule has 2 aromatic rings. The number of alkyl halides is 2. The highest BCUT2D eigenvalue weighted by Gasteiger charge is 2.46. The second kappa shape index (κ2) is 7.60. The van der Waals surface area contributed by atoms with Crippen molar-refractivity contribution >= 4 is 5.97 Å². The van der Waals surface area contributed by atoms with Crippen LogP contribution in [0.4, 0.5) is 8.78 Å². The van der Waals surface area contributed by atoms with E-state index < -0.39 is 24.1 Å². The van der Waals surface area contributed by atoms with Crippen LogP contribution in [0, 0.1) is 5.92 Å². The summed E-state index contributed by atoms with van der Waals surface area (Å²) in [5.74, 6) is -2.84. The van der Waals surface area contributed by atoms with E-state index in [9.17, 15) is 18.7 Å². The number of benzene rings is 1. The number of β-amino-alcohol motifs (C(OH)–C–C–N with tert-alkyl or cyclic N) is 1. The van der Waals surface area contributed by atoms with E-state index in [1.165, 1.54) is 6.39 Å². The van der Waals surface area contributed by atoms with Gasteiger partial charge in [0.1, 0.15) is 12.2 Å². The largest absolute Gasteiger partial charge is 0.458 e. The Labute approximate surface area is 160 Å². The molecule has 150 valence electrons. The second-order valence-corrected chi connectivity index (χ2v) is 7.64. The minimum atomic E-state index is -2.65. The maximum atomic E-state index is 12.9. The normalized spacial score (nSPS) is 26.8. The highest BCUT2D eigenvalue weighted by atomic mass is 19.3. The monoisotopic (exact) mass is 392 g/mol. The van der Waals surface area contributed by atoms with Crippen LogP contribution in [0.2, 0.25) is 0 Å². The molecule has 0 unspecified atom stereocenters. The number of esters is 1. The third-order valence-electron chi connectivity index (χ3n) is 5.39. The summed E-state index contributed by atoms with van der Waals surface area (Å²) in [4.78, 5) is 16.0. The number of halogens is 2. The molecule has 1 saturated carbocycles. The van der Waals surface area contributed by atoms with Crippen LogP contribution in [0.25, 0.3) is 11.3 Å². The van der Waals surface area contributed by atoms with Gasteiger partial charge in [-0.15, -0.1) is 0 Å². The molecule has 3 atom stereocenters. The maximum absolute atomic E-state index is 12.9. The molecule has 6 nitrogen and oxygen atoms in total. The highest BCUT2D eigenvalue weighted by Crippen LogP contribution is 2.44. The Morgan fingerprint density at radius 2 is 2.07 bits per heavy atom. The lowest BCUT2D eigenvalue weighted by Crippen LogP contribution is -2.41. The van der Waals surface area contributed by atoms with Gasteiger partial charge in [0.15, 0.2) is 12.2 Å². The number of ether oxygens (including phenoxy) is 1. The number of carbonyl (C=O) groups is 1. The summed E-state index contributed by atoms with van der Waals surface area (Å²) in [6.07, 6.45) is 1.49. The van der Waals surface area contributed by atoms with E-state index in [0.29, 0.717) is 18.7 Å². The molecule has 2 heterocycles. The van der Waals surface area contributed by atoms with Crippen LogP contribution >= 0.6 is 0 Å². The van der Waals surface area contributed by atoms with E-state index in [1.807, 2.05) is 24.3 Å². The fourth-order valence-corrected chi connectivity index (χ4v) is 3.90. The van der Waals surface area contributed by atoms with Gasteiger partial charge >= 0.3 is 5.97 Å². The smallest absolute Gasteiger partial charge is 0.306 e. The fourth-order valence-electron chi connectivity index (χ4n) is 3.90. The molecule has 1 aromatic heterocycles. The van der Waals surface area contributed by atoms with Gasteiger partial charge in [-0.05, 0) is 17.9 Å². The van der Waals surface area contributed by atoms with Crippen LogP contribution in [-0.4, -0.2) is 46.8 Å². The molecule has 1 aliphatic carbocycles.